The molecule has 1 heterocycles. The number of nitrogens with two attached hydrogens (primary N) is 1. The molecule has 1 aliphatic rings. The zero-order valence-corrected chi connectivity index (χ0v) is 15.4. The molecule has 1 aliphatic heterocycles. The van der Waals surface area contributed by atoms with Crippen molar-refractivity contribution in [3.8, 4) is 0 Å². The summed E-state index contributed by atoms with van der Waals surface area (Å²) < 4.78 is 42.9. The van der Waals surface area contributed by atoms with Gasteiger partial charge in [0, 0.05) is 5.56 Å². The summed E-state index contributed by atoms with van der Waals surface area (Å²) in [5.41, 5.74) is 6.11. The zero-order chi connectivity index (χ0) is 19.8. The fourth-order valence-corrected chi connectivity index (χ4v) is 3.63. The van der Waals surface area contributed by atoms with Crippen LogP contribution in [0, 0.1) is 0 Å². The normalized spacial score (nSPS) is 20.7. The Labute approximate surface area is 161 Å². The summed E-state index contributed by atoms with van der Waals surface area (Å²) in [7, 11) is -4.20. The van der Waals surface area contributed by atoms with E-state index in [-0.39, 0.29) is 15.6 Å². The summed E-state index contributed by atoms with van der Waals surface area (Å²) in [6.07, 6.45) is -2.32. The highest BCUT2D eigenvalue weighted by atomic mass is 35.5. The fraction of sp³-hybridized carbons (Fsp3) is 0.118. The maximum absolute atomic E-state index is 12.6. The van der Waals surface area contributed by atoms with Gasteiger partial charge in [0.05, 0.1) is 11.4 Å². The molecule has 136 valence electrons. The van der Waals surface area contributed by atoms with Crippen molar-refractivity contribution < 1.29 is 23.5 Å². The third kappa shape index (κ3) is 3.95. The van der Waals surface area contributed by atoms with Crippen LogP contribution in [0.5, 0.6) is 0 Å². The highest BCUT2D eigenvalue weighted by molar-refractivity contribution is 7.86. The largest absolute Gasteiger partial charge is 0.460 e. The van der Waals surface area contributed by atoms with Gasteiger partial charge in [-0.25, -0.2) is 0 Å². The van der Waals surface area contributed by atoms with Crippen LogP contribution in [-0.4, -0.2) is 14.2 Å². The lowest BCUT2D eigenvalue weighted by Gasteiger charge is -2.10. The molecule has 0 amide bonds. The number of carbonyl (C=O) groups excluding carboxylic acids is 1. The van der Waals surface area contributed by atoms with Crippen molar-refractivity contribution in [2.75, 3.05) is 0 Å². The molecular formula is C17H13Cl2NO5S. The van der Waals surface area contributed by atoms with E-state index in [9.17, 15) is 13.2 Å². The Bertz CT molecular complexity index is 1040. The second kappa shape index (κ2) is 7.19. The van der Waals surface area contributed by atoms with Gasteiger partial charge in [-0.1, -0.05) is 59.6 Å². The van der Waals surface area contributed by atoms with Gasteiger partial charge in [-0.2, -0.15) is 8.42 Å². The van der Waals surface area contributed by atoms with Gasteiger partial charge in [-0.15, -0.1) is 0 Å². The van der Waals surface area contributed by atoms with Gasteiger partial charge < -0.3 is 14.7 Å². The Morgan fingerprint density at radius 3 is 2.50 bits per heavy atom. The van der Waals surface area contributed by atoms with Crippen LogP contribution in [0.25, 0.3) is 0 Å². The molecule has 0 aromatic heterocycles. The van der Waals surface area contributed by atoms with Crippen LogP contribution in [0.1, 0.15) is 18.6 Å². The van der Waals surface area contributed by atoms with Crippen molar-refractivity contribution in [3.63, 3.8) is 0 Å². The minimum absolute atomic E-state index is 0.0314. The molecule has 2 N–H and O–H groups in total. The average Bonchev–Trinajstić information content (AvgIpc) is 2.81. The van der Waals surface area contributed by atoms with E-state index in [0.717, 1.165) is 0 Å². The molecule has 0 radical (unpaired) electrons. The number of carbonyl (C=O) groups is 1. The first-order valence-electron chi connectivity index (χ1n) is 7.77. The lowest BCUT2D eigenvalue weighted by Crippen LogP contribution is -2.16. The highest BCUT2D eigenvalue weighted by Crippen LogP contribution is 2.35. The van der Waals surface area contributed by atoms with Gasteiger partial charge in [0.25, 0.3) is 0 Å². The van der Waals surface area contributed by atoms with Gasteiger partial charge in [-0.05, 0) is 17.7 Å². The number of ketones is 1. The highest BCUT2D eigenvalue weighted by Gasteiger charge is 2.39. The van der Waals surface area contributed by atoms with Crippen LogP contribution in [0.2, 0.25) is 10.0 Å². The minimum Gasteiger partial charge on any atom is -0.460 e. The molecule has 1 unspecified atom stereocenters. The minimum atomic E-state index is -4.20. The summed E-state index contributed by atoms with van der Waals surface area (Å²) in [6, 6.07) is 12.3. The van der Waals surface area contributed by atoms with Crippen LogP contribution in [0.15, 0.2) is 60.2 Å². The van der Waals surface area contributed by atoms with E-state index in [2.05, 4.69) is 0 Å². The smallest absolute Gasteiger partial charge is 0.313 e. The van der Waals surface area contributed by atoms with Crippen molar-refractivity contribution >= 4 is 39.1 Å². The number of hydrogen-bond donors (Lipinski definition) is 1. The molecule has 0 bridgehead atoms. The topological polar surface area (TPSA) is 95.7 Å². The van der Waals surface area contributed by atoms with Gasteiger partial charge in [-0.3, -0.25) is 4.79 Å². The van der Waals surface area contributed by atoms with E-state index in [1.165, 1.54) is 18.2 Å². The maximum atomic E-state index is 12.6. The van der Waals surface area contributed by atoms with Gasteiger partial charge in [0.1, 0.15) is 5.75 Å². The lowest BCUT2D eigenvalue weighted by molar-refractivity contribution is -0.123. The summed E-state index contributed by atoms with van der Waals surface area (Å²) in [5, 5.41) is 0.319. The molecule has 1 atom stereocenters. The van der Waals surface area contributed by atoms with Gasteiger partial charge >= 0.3 is 10.1 Å². The summed E-state index contributed by atoms with van der Waals surface area (Å²) in [6.45, 7) is 0. The molecule has 9 heteroatoms. The first-order chi connectivity index (χ1) is 12.6. The van der Waals surface area contributed by atoms with Crippen LogP contribution >= 0.6 is 23.2 Å². The number of rotatable bonds is 5. The van der Waals surface area contributed by atoms with E-state index in [1.807, 2.05) is 0 Å². The average molecular weight is 415 g/mol. The third-order valence-electron chi connectivity index (χ3n) is 3.43. The van der Waals surface area contributed by atoms with Crippen molar-refractivity contribution in [2.45, 2.75) is 11.8 Å². The maximum Gasteiger partial charge on any atom is 0.313 e. The predicted octanol–water partition coefficient (Wildman–Crippen LogP) is 3.31. The molecule has 3 rings (SSSR count). The zero-order valence-electron chi connectivity index (χ0n) is 14.1. The molecule has 6 nitrogen and oxygen atoms in total. The molecular weight excluding hydrogens is 401 g/mol. The molecule has 2 aromatic rings. The second-order valence-corrected chi connectivity index (χ2v) is 7.74. The molecule has 0 saturated carbocycles. The predicted molar refractivity (Wildman–Crippen MR) is 96.7 cm³/mol. The Morgan fingerprint density at radius 2 is 1.85 bits per heavy atom. The van der Waals surface area contributed by atoms with Gasteiger partial charge in [0.2, 0.25) is 17.4 Å². The van der Waals surface area contributed by atoms with E-state index >= 15 is 0 Å². The van der Waals surface area contributed by atoms with E-state index in [1.54, 1.807) is 30.3 Å². The Balaban J connectivity index is 1.86. The van der Waals surface area contributed by atoms with Crippen molar-refractivity contribution in [1.29, 1.82) is 0 Å². The van der Waals surface area contributed by atoms with Crippen molar-refractivity contribution in [2.24, 2.45) is 5.73 Å². The van der Waals surface area contributed by atoms with Gasteiger partial charge in [0.15, 0.2) is 6.08 Å². The SMILES string of the molecule is [2H]C1(c2ccc(Cl)c(Cl)c2)OC(N)=C(OS(=O)(=O)Cc2ccccc2)C1=O. The molecule has 0 aliphatic carbocycles. The Kier molecular flexibility index (Phi) is 4.76. The second-order valence-electron chi connectivity index (χ2n) is 5.35. The van der Waals surface area contributed by atoms with E-state index < -0.39 is 39.4 Å². The number of benzene rings is 2. The van der Waals surface area contributed by atoms with Crippen LogP contribution in [0.4, 0.5) is 0 Å². The van der Waals surface area contributed by atoms with E-state index in [0.29, 0.717) is 5.56 Å². The molecule has 0 saturated heterocycles. The Hall–Kier alpha value is -2.22. The molecule has 0 fully saturated rings. The standard InChI is InChI=1S/C17H13Cl2NO5S/c18-12-7-6-11(8-13(12)19)15-14(21)16(17(20)24-15)25-26(22,23)9-10-4-2-1-3-5-10/h1-8,15H,9,20H2/i15D. The number of ether oxygens (including phenoxy) is 1. The summed E-state index contributed by atoms with van der Waals surface area (Å²) in [4.78, 5) is 12.6. The van der Waals surface area contributed by atoms with Crippen molar-refractivity contribution in [1.82, 2.24) is 0 Å². The first-order valence-corrected chi connectivity index (χ1v) is 9.61. The van der Waals surface area contributed by atoms with Crippen LogP contribution in [0.3, 0.4) is 0 Å². The number of hydrogen-bond acceptors (Lipinski definition) is 6. The summed E-state index contributed by atoms with van der Waals surface area (Å²) in [5.74, 6) is -2.88. The quantitative estimate of drug-likeness (QED) is 0.753. The third-order valence-corrected chi connectivity index (χ3v) is 5.27. The monoisotopic (exact) mass is 414 g/mol. The lowest BCUT2D eigenvalue weighted by atomic mass is 10.1. The molecule has 0 spiro atoms. The Morgan fingerprint density at radius 1 is 1.15 bits per heavy atom. The number of Topliss-reactive ketones (excluding diaryl/α,β-unsaturated/α-hetero) is 1. The first kappa shape index (κ1) is 17.2. The van der Waals surface area contributed by atoms with Crippen LogP contribution in [-0.2, 0) is 29.6 Å². The summed E-state index contributed by atoms with van der Waals surface area (Å²) >= 11 is 11.7. The molecule has 26 heavy (non-hydrogen) atoms. The molecule has 2 aromatic carbocycles. The van der Waals surface area contributed by atoms with Crippen molar-refractivity contribution in [3.05, 3.63) is 81.3 Å². The fourth-order valence-electron chi connectivity index (χ4n) is 2.26. The number of halogens is 2. The van der Waals surface area contributed by atoms with E-state index in [4.69, 9.17) is 39.2 Å². The van der Waals surface area contributed by atoms with Crippen LogP contribution < -0.4 is 5.73 Å².